The summed E-state index contributed by atoms with van der Waals surface area (Å²) in [4.78, 5) is 15.3. The van der Waals surface area contributed by atoms with Crippen LogP contribution in [0.4, 0.5) is 0 Å². The van der Waals surface area contributed by atoms with Crippen LogP contribution in [0.5, 0.6) is 0 Å². The average molecular weight is 345 g/mol. The predicted octanol–water partition coefficient (Wildman–Crippen LogP) is 2.80. The first-order valence-corrected chi connectivity index (χ1v) is 8.87. The summed E-state index contributed by atoms with van der Waals surface area (Å²) in [5.41, 5.74) is 2.42. The maximum Gasteiger partial charge on any atom is 0.257 e. The number of carbonyl (C=O) groups is 1. The summed E-state index contributed by atoms with van der Waals surface area (Å²) in [6.07, 6.45) is 4.92. The summed E-state index contributed by atoms with van der Waals surface area (Å²) in [6, 6.07) is 8.18. The summed E-state index contributed by atoms with van der Waals surface area (Å²) in [6.45, 7) is 3.83. The smallest absolute Gasteiger partial charge is 0.257 e. The Bertz CT molecular complexity index is 758. The second kappa shape index (κ2) is 6.22. The molecule has 5 nitrogen and oxygen atoms in total. The molecule has 0 saturated carbocycles. The van der Waals surface area contributed by atoms with Gasteiger partial charge in [0, 0.05) is 23.7 Å². The fourth-order valence-electron chi connectivity index (χ4n) is 3.94. The first-order valence-electron chi connectivity index (χ1n) is 8.49. The molecule has 0 aliphatic carbocycles. The van der Waals surface area contributed by atoms with Crippen LogP contribution in [0, 0.1) is 6.92 Å². The summed E-state index contributed by atoms with van der Waals surface area (Å²) in [5, 5.41) is 8.53. The first-order chi connectivity index (χ1) is 11.6. The Morgan fingerprint density at radius 3 is 2.96 bits per heavy atom. The molecule has 3 heterocycles. The van der Waals surface area contributed by atoms with Crippen LogP contribution in [0.1, 0.15) is 35.3 Å². The zero-order valence-corrected chi connectivity index (χ0v) is 14.5. The highest BCUT2D eigenvalue weighted by molar-refractivity contribution is 6.30. The minimum absolute atomic E-state index is 0.108. The van der Waals surface area contributed by atoms with E-state index in [9.17, 15) is 4.79 Å². The maximum atomic E-state index is 13.2. The van der Waals surface area contributed by atoms with Gasteiger partial charge in [0.1, 0.15) is 0 Å². The molecule has 2 aliphatic rings. The van der Waals surface area contributed by atoms with Gasteiger partial charge in [-0.15, -0.1) is 0 Å². The van der Waals surface area contributed by atoms with Gasteiger partial charge in [-0.3, -0.25) is 4.79 Å². The number of nitrogens with zero attached hydrogens (tertiary/aromatic N) is 3. The first kappa shape index (κ1) is 15.7. The number of carbonyl (C=O) groups excluding carboxylic acids is 1. The van der Waals surface area contributed by atoms with E-state index in [1.165, 1.54) is 0 Å². The molecule has 1 N–H and O–H groups in total. The van der Waals surface area contributed by atoms with Crippen molar-refractivity contribution in [2.75, 3.05) is 13.1 Å². The van der Waals surface area contributed by atoms with Crippen molar-refractivity contribution in [2.24, 2.45) is 0 Å². The van der Waals surface area contributed by atoms with Gasteiger partial charge in [0.05, 0.1) is 23.1 Å². The highest BCUT2D eigenvalue weighted by Gasteiger charge is 2.39. The van der Waals surface area contributed by atoms with Crippen LogP contribution in [-0.4, -0.2) is 45.8 Å². The van der Waals surface area contributed by atoms with E-state index in [1.807, 2.05) is 31.2 Å². The molecule has 2 fully saturated rings. The van der Waals surface area contributed by atoms with E-state index in [1.54, 1.807) is 10.9 Å². The van der Waals surface area contributed by atoms with Gasteiger partial charge >= 0.3 is 0 Å². The molecule has 0 radical (unpaired) electrons. The fourth-order valence-corrected chi connectivity index (χ4v) is 4.13. The van der Waals surface area contributed by atoms with Gasteiger partial charge in [0.15, 0.2) is 0 Å². The highest BCUT2D eigenvalue weighted by Crippen LogP contribution is 2.30. The van der Waals surface area contributed by atoms with Crippen molar-refractivity contribution < 1.29 is 4.79 Å². The molecule has 0 spiro atoms. The van der Waals surface area contributed by atoms with Crippen LogP contribution < -0.4 is 5.32 Å². The zero-order chi connectivity index (χ0) is 16.7. The molecule has 6 heteroatoms. The molecule has 126 valence electrons. The van der Waals surface area contributed by atoms with Crippen LogP contribution in [0.3, 0.4) is 0 Å². The van der Waals surface area contributed by atoms with Gasteiger partial charge in [-0.1, -0.05) is 17.7 Å². The van der Waals surface area contributed by atoms with Gasteiger partial charge < -0.3 is 10.2 Å². The third-order valence-corrected chi connectivity index (χ3v) is 5.42. The van der Waals surface area contributed by atoms with Gasteiger partial charge in [-0.2, -0.15) is 5.10 Å². The van der Waals surface area contributed by atoms with Crippen molar-refractivity contribution in [3.05, 3.63) is 46.7 Å². The third-order valence-electron chi connectivity index (χ3n) is 5.18. The number of nitrogens with one attached hydrogen (secondary N) is 1. The molecular weight excluding hydrogens is 324 g/mol. The quantitative estimate of drug-likeness (QED) is 0.911. The van der Waals surface area contributed by atoms with Crippen molar-refractivity contribution in [3.63, 3.8) is 0 Å². The van der Waals surface area contributed by atoms with Crippen LogP contribution in [0.2, 0.25) is 5.02 Å². The molecule has 1 aromatic heterocycles. The van der Waals surface area contributed by atoms with Crippen molar-refractivity contribution >= 4 is 17.5 Å². The number of benzene rings is 1. The molecule has 1 aromatic carbocycles. The van der Waals surface area contributed by atoms with E-state index < -0.39 is 0 Å². The molecule has 2 aliphatic heterocycles. The molecule has 2 aromatic rings. The van der Waals surface area contributed by atoms with Crippen LogP contribution in [0.15, 0.2) is 30.5 Å². The van der Waals surface area contributed by atoms with Crippen LogP contribution in [0.25, 0.3) is 5.69 Å². The second-order valence-corrected chi connectivity index (χ2v) is 7.06. The Balaban J connectivity index is 1.66. The summed E-state index contributed by atoms with van der Waals surface area (Å²) < 4.78 is 1.79. The van der Waals surface area contributed by atoms with Crippen molar-refractivity contribution in [1.82, 2.24) is 20.0 Å². The van der Waals surface area contributed by atoms with Crippen molar-refractivity contribution in [1.29, 1.82) is 0 Å². The topological polar surface area (TPSA) is 50.2 Å². The minimum atomic E-state index is 0.108. The number of hydrogen-bond acceptors (Lipinski definition) is 3. The van der Waals surface area contributed by atoms with E-state index in [4.69, 9.17) is 11.6 Å². The summed E-state index contributed by atoms with van der Waals surface area (Å²) in [5.74, 6) is 0.108. The lowest BCUT2D eigenvalue weighted by molar-refractivity contribution is 0.0679. The van der Waals surface area contributed by atoms with Gasteiger partial charge in [-0.25, -0.2) is 4.68 Å². The Hall–Kier alpha value is -1.85. The minimum Gasteiger partial charge on any atom is -0.331 e. The lowest BCUT2D eigenvalue weighted by Gasteiger charge is -2.27. The second-order valence-electron chi connectivity index (χ2n) is 6.63. The lowest BCUT2D eigenvalue weighted by atomic mass is 10.1. The molecule has 2 saturated heterocycles. The van der Waals surface area contributed by atoms with Gasteiger partial charge in [0.25, 0.3) is 5.91 Å². The van der Waals surface area contributed by atoms with Gasteiger partial charge in [0.2, 0.25) is 0 Å². The van der Waals surface area contributed by atoms with E-state index >= 15 is 0 Å². The predicted molar refractivity (Wildman–Crippen MR) is 93.8 cm³/mol. The Morgan fingerprint density at radius 2 is 2.12 bits per heavy atom. The number of aromatic nitrogens is 2. The molecular formula is C18H21ClN4O. The number of halogens is 1. The molecule has 4 rings (SSSR count). The van der Waals surface area contributed by atoms with E-state index in [0.29, 0.717) is 22.7 Å². The average Bonchev–Trinajstić information content (AvgIpc) is 3.05. The highest BCUT2D eigenvalue weighted by atomic mass is 35.5. The molecule has 2 atom stereocenters. The van der Waals surface area contributed by atoms with Gasteiger partial charge in [-0.05, 0) is 50.9 Å². The van der Waals surface area contributed by atoms with E-state index in [-0.39, 0.29) is 5.91 Å². The van der Waals surface area contributed by atoms with Crippen LogP contribution >= 0.6 is 11.6 Å². The molecule has 24 heavy (non-hydrogen) atoms. The van der Waals surface area contributed by atoms with E-state index in [2.05, 4.69) is 15.3 Å². The van der Waals surface area contributed by atoms with Crippen LogP contribution in [-0.2, 0) is 0 Å². The molecule has 1 amide bonds. The standard InChI is InChI=1S/C18H21ClN4O/c1-12-17(11-21-23(12)15-4-2-3-13(19)9-15)18(24)22-14-5-6-16(22)10-20-8-7-14/h2-4,9,11,14,16,20H,5-8,10H2,1H3. The largest absolute Gasteiger partial charge is 0.331 e. The summed E-state index contributed by atoms with van der Waals surface area (Å²) in [7, 11) is 0. The normalized spacial score (nSPS) is 23.3. The monoisotopic (exact) mass is 344 g/mol. The Morgan fingerprint density at radius 1 is 1.29 bits per heavy atom. The lowest BCUT2D eigenvalue weighted by Crippen LogP contribution is -2.42. The fraction of sp³-hybridized carbons (Fsp3) is 0.444. The molecule has 2 unspecified atom stereocenters. The summed E-state index contributed by atoms with van der Waals surface area (Å²) >= 11 is 6.08. The van der Waals surface area contributed by atoms with Crippen molar-refractivity contribution in [3.8, 4) is 5.69 Å². The Kier molecular flexibility index (Phi) is 4.06. The Labute approximate surface area is 146 Å². The maximum absolute atomic E-state index is 13.2. The number of fused-ring (bicyclic) bond motifs is 2. The zero-order valence-electron chi connectivity index (χ0n) is 13.7. The number of hydrogen-bond donors (Lipinski definition) is 1. The van der Waals surface area contributed by atoms with Crippen molar-refractivity contribution in [2.45, 2.75) is 38.3 Å². The SMILES string of the molecule is Cc1c(C(=O)N2C3CCNCC2CC3)cnn1-c1cccc(Cl)c1. The number of amides is 1. The number of rotatable bonds is 2. The molecule has 2 bridgehead atoms. The third kappa shape index (κ3) is 2.62. The van der Waals surface area contributed by atoms with E-state index in [0.717, 1.165) is 43.7 Å².